The summed E-state index contributed by atoms with van der Waals surface area (Å²) in [5.74, 6) is -1.22. The van der Waals surface area contributed by atoms with Crippen LogP contribution < -0.4 is 16.0 Å². The van der Waals surface area contributed by atoms with E-state index in [9.17, 15) is 30.0 Å². The highest BCUT2D eigenvalue weighted by Gasteiger charge is 2.62. The molecule has 0 spiro atoms. The fourth-order valence-electron chi connectivity index (χ4n) is 2.63. The highest BCUT2D eigenvalue weighted by Crippen LogP contribution is 2.41. The lowest BCUT2D eigenvalue weighted by Gasteiger charge is -2.45. The highest BCUT2D eigenvalue weighted by molar-refractivity contribution is 6.27. The number of urea groups is 1. The van der Waals surface area contributed by atoms with E-state index in [4.69, 9.17) is 38.5 Å². The SMILES string of the molecule is CC(ONC(N)=O)c1ccc(OC(=O)C2(O)C[C@@H](O)C(O)(Cl)[C@H](O)C2Cl)cc1. The standard InChI is InChI=1S/C16H20Cl2N2O8/c1-7(28-20-14(19)24)8-2-4-9(5-3-8)27-13(23)15(25)6-10(21)16(18,26)12(22)11(15)17/h2-5,7,10-12,21-22,25-26H,6H2,1H3,(H3,19,20,24)/t7?,10-,11?,12-,15?,16?/m1/s1. The molecule has 0 aliphatic heterocycles. The van der Waals surface area contributed by atoms with Crippen molar-refractivity contribution in [3.05, 3.63) is 29.8 Å². The Labute approximate surface area is 169 Å². The first-order chi connectivity index (χ1) is 12.9. The molecule has 0 saturated heterocycles. The maximum Gasteiger partial charge on any atom is 0.345 e. The molecule has 0 aromatic heterocycles. The number of alkyl halides is 2. The summed E-state index contributed by atoms with van der Waals surface area (Å²) in [6.45, 7) is 1.63. The van der Waals surface area contributed by atoms with Gasteiger partial charge in [0, 0.05) is 6.42 Å². The molecule has 2 rings (SSSR count). The molecule has 1 fully saturated rings. The number of nitrogens with one attached hydrogen (secondary N) is 1. The Morgan fingerprint density at radius 3 is 2.39 bits per heavy atom. The maximum atomic E-state index is 12.4. The third-order valence-corrected chi connectivity index (χ3v) is 5.45. The number of primary amides is 1. The van der Waals surface area contributed by atoms with Crippen molar-refractivity contribution in [3.8, 4) is 5.75 Å². The van der Waals surface area contributed by atoms with Gasteiger partial charge in [0.1, 0.15) is 29.4 Å². The van der Waals surface area contributed by atoms with Crippen LogP contribution in [0.25, 0.3) is 0 Å². The molecule has 156 valence electrons. The first-order valence-corrected chi connectivity index (χ1v) is 8.88. The average molecular weight is 439 g/mol. The van der Waals surface area contributed by atoms with E-state index in [0.29, 0.717) is 5.56 Å². The number of ether oxygens (including phenoxy) is 1. The molecule has 7 N–H and O–H groups in total. The van der Waals surface area contributed by atoms with Gasteiger partial charge >= 0.3 is 12.0 Å². The van der Waals surface area contributed by atoms with Crippen LogP contribution in [0.2, 0.25) is 0 Å². The van der Waals surface area contributed by atoms with Gasteiger partial charge in [-0.2, -0.15) is 0 Å². The van der Waals surface area contributed by atoms with E-state index in [-0.39, 0.29) is 5.75 Å². The highest BCUT2D eigenvalue weighted by atomic mass is 35.5. The molecule has 2 amide bonds. The van der Waals surface area contributed by atoms with E-state index in [0.717, 1.165) is 0 Å². The molecule has 0 bridgehead atoms. The number of hydroxylamine groups is 1. The number of aliphatic hydroxyl groups is 4. The van der Waals surface area contributed by atoms with E-state index in [2.05, 4.69) is 0 Å². The van der Waals surface area contributed by atoms with Crippen LogP contribution in [0.5, 0.6) is 5.75 Å². The number of amides is 2. The molecule has 0 radical (unpaired) electrons. The zero-order chi connectivity index (χ0) is 21.3. The number of esters is 1. The van der Waals surface area contributed by atoms with Crippen molar-refractivity contribution >= 4 is 35.2 Å². The number of benzene rings is 1. The van der Waals surface area contributed by atoms with Crippen molar-refractivity contribution < 1.29 is 39.6 Å². The molecule has 0 heterocycles. The number of carbonyl (C=O) groups excluding carboxylic acids is 2. The Hall–Kier alpha value is -1.66. The Bertz CT molecular complexity index is 732. The van der Waals surface area contributed by atoms with E-state index in [1.807, 2.05) is 5.48 Å². The fourth-order valence-corrected chi connectivity index (χ4v) is 3.26. The average Bonchev–Trinajstić information content (AvgIpc) is 2.64. The molecule has 1 aliphatic carbocycles. The van der Waals surface area contributed by atoms with E-state index in [1.54, 1.807) is 6.92 Å². The monoisotopic (exact) mass is 438 g/mol. The zero-order valence-electron chi connectivity index (χ0n) is 14.6. The largest absolute Gasteiger partial charge is 0.424 e. The summed E-state index contributed by atoms with van der Waals surface area (Å²) >= 11 is 11.5. The lowest BCUT2D eigenvalue weighted by atomic mass is 9.78. The number of nitrogens with two attached hydrogens (primary N) is 1. The summed E-state index contributed by atoms with van der Waals surface area (Å²) in [6, 6.07) is 4.97. The van der Waals surface area contributed by atoms with Gasteiger partial charge in [0.15, 0.2) is 10.7 Å². The molecule has 6 atom stereocenters. The Kier molecular flexibility index (Phi) is 6.77. The third kappa shape index (κ3) is 4.49. The molecule has 10 nitrogen and oxygen atoms in total. The van der Waals surface area contributed by atoms with Gasteiger partial charge in [0.2, 0.25) is 0 Å². The van der Waals surface area contributed by atoms with Crippen molar-refractivity contribution in [2.45, 2.75) is 47.7 Å². The molecule has 1 aliphatic rings. The third-order valence-electron chi connectivity index (χ3n) is 4.37. The second kappa shape index (κ2) is 8.37. The summed E-state index contributed by atoms with van der Waals surface area (Å²) in [5, 5.41) is 35.9. The van der Waals surface area contributed by atoms with Crippen molar-refractivity contribution in [3.63, 3.8) is 0 Å². The van der Waals surface area contributed by atoms with Gasteiger partial charge in [0.25, 0.3) is 0 Å². The van der Waals surface area contributed by atoms with Gasteiger partial charge in [0.05, 0.1) is 0 Å². The van der Waals surface area contributed by atoms with Gasteiger partial charge in [-0.05, 0) is 24.6 Å². The molecule has 1 saturated carbocycles. The lowest BCUT2D eigenvalue weighted by molar-refractivity contribution is -0.191. The molecule has 4 unspecified atom stereocenters. The summed E-state index contributed by atoms with van der Waals surface area (Å²) in [5.41, 5.74) is 5.00. The van der Waals surface area contributed by atoms with Gasteiger partial charge in [-0.3, -0.25) is 4.84 Å². The van der Waals surface area contributed by atoms with Crippen LogP contribution in [0, 0.1) is 0 Å². The van der Waals surface area contributed by atoms with Crippen LogP contribution in [0.15, 0.2) is 24.3 Å². The minimum absolute atomic E-state index is 0.0248. The van der Waals surface area contributed by atoms with Crippen LogP contribution in [-0.4, -0.2) is 60.7 Å². The van der Waals surface area contributed by atoms with Crippen LogP contribution in [0.3, 0.4) is 0 Å². The smallest absolute Gasteiger partial charge is 0.345 e. The van der Waals surface area contributed by atoms with Gasteiger partial charge in [-0.1, -0.05) is 23.7 Å². The van der Waals surface area contributed by atoms with Gasteiger partial charge in [-0.25, -0.2) is 15.1 Å². The fraction of sp³-hybridized carbons (Fsp3) is 0.500. The first-order valence-electron chi connectivity index (χ1n) is 8.06. The summed E-state index contributed by atoms with van der Waals surface area (Å²) in [6.07, 6.45) is -5.15. The minimum atomic E-state index is -2.52. The second-order valence-electron chi connectivity index (χ2n) is 6.40. The topological polar surface area (TPSA) is 172 Å². The number of hydrogen-bond donors (Lipinski definition) is 6. The molecular formula is C16H20Cl2N2O8. The molecule has 12 heteroatoms. The van der Waals surface area contributed by atoms with Crippen LogP contribution in [0.4, 0.5) is 4.79 Å². The van der Waals surface area contributed by atoms with Crippen LogP contribution in [0.1, 0.15) is 25.0 Å². The predicted octanol–water partition coefficient (Wildman–Crippen LogP) is -0.356. The Morgan fingerprint density at radius 2 is 1.86 bits per heavy atom. The predicted molar refractivity (Wildman–Crippen MR) is 96.3 cm³/mol. The van der Waals surface area contributed by atoms with Crippen LogP contribution >= 0.6 is 23.2 Å². The summed E-state index contributed by atoms with van der Waals surface area (Å²) < 4.78 is 5.07. The van der Waals surface area contributed by atoms with Crippen molar-refractivity contribution in [1.82, 2.24) is 5.48 Å². The van der Waals surface area contributed by atoms with Crippen molar-refractivity contribution in [2.24, 2.45) is 5.73 Å². The molecule has 28 heavy (non-hydrogen) atoms. The molecule has 1 aromatic rings. The Morgan fingerprint density at radius 1 is 1.29 bits per heavy atom. The number of halogens is 2. The first kappa shape index (κ1) is 22.6. The van der Waals surface area contributed by atoms with Crippen molar-refractivity contribution in [2.75, 3.05) is 0 Å². The molecule has 1 aromatic carbocycles. The van der Waals surface area contributed by atoms with Gasteiger partial charge in [-0.15, -0.1) is 11.6 Å². The normalized spacial score (nSPS) is 33.8. The Balaban J connectivity index is 2.09. The van der Waals surface area contributed by atoms with E-state index < -0.39 is 52.8 Å². The zero-order valence-corrected chi connectivity index (χ0v) is 16.1. The van der Waals surface area contributed by atoms with Gasteiger partial charge < -0.3 is 30.9 Å². The number of rotatable bonds is 5. The van der Waals surface area contributed by atoms with Crippen molar-refractivity contribution in [1.29, 1.82) is 0 Å². The summed E-state index contributed by atoms with van der Waals surface area (Å²) in [7, 11) is 0. The lowest BCUT2D eigenvalue weighted by Crippen LogP contribution is -2.68. The number of aliphatic hydroxyl groups excluding tert-OH is 2. The van der Waals surface area contributed by atoms with E-state index in [1.165, 1.54) is 24.3 Å². The quantitative estimate of drug-likeness (QED) is 0.156. The molecular weight excluding hydrogens is 419 g/mol. The number of hydrogen-bond acceptors (Lipinski definition) is 8. The van der Waals surface area contributed by atoms with E-state index >= 15 is 0 Å². The number of carbonyl (C=O) groups is 2. The minimum Gasteiger partial charge on any atom is -0.424 e. The van der Waals surface area contributed by atoms with Crippen LogP contribution in [-0.2, 0) is 9.63 Å². The second-order valence-corrected chi connectivity index (χ2v) is 7.48. The maximum absolute atomic E-state index is 12.4. The summed E-state index contributed by atoms with van der Waals surface area (Å²) in [4.78, 5) is 28.0.